The highest BCUT2D eigenvalue weighted by Gasteiger charge is 2.29. The average molecular weight is 386 g/mol. The topological polar surface area (TPSA) is 164 Å². The van der Waals surface area contributed by atoms with Gasteiger partial charge < -0.3 is 15.4 Å². The third kappa shape index (κ3) is 3.46. The maximum Gasteiger partial charge on any atom is 0.262 e. The summed E-state index contributed by atoms with van der Waals surface area (Å²) in [6.45, 7) is 0. The molecule has 0 saturated heterocycles. The minimum Gasteiger partial charge on any atom is -0.507 e. The first-order chi connectivity index (χ1) is 11.6. The van der Waals surface area contributed by atoms with Gasteiger partial charge in [-0.3, -0.25) is 18.6 Å². The molecule has 1 aromatic carbocycles. The van der Waals surface area contributed by atoms with E-state index < -0.39 is 26.4 Å². The van der Waals surface area contributed by atoms with Gasteiger partial charge in [0.15, 0.2) is 5.84 Å². The SMILES string of the molecule is CS(=O)(=O)Nc1ccc2c(c1)S(O)(O)N=C(c1c(O)cc[nH]c1=O)N2. The summed E-state index contributed by atoms with van der Waals surface area (Å²) >= 11 is 0. The van der Waals surface area contributed by atoms with Crippen LogP contribution in [-0.2, 0) is 10.0 Å². The van der Waals surface area contributed by atoms with Gasteiger partial charge in [-0.2, -0.15) is 0 Å². The number of aromatic nitrogens is 1. The summed E-state index contributed by atoms with van der Waals surface area (Å²) < 4.78 is 49.2. The van der Waals surface area contributed by atoms with Gasteiger partial charge in [0, 0.05) is 6.20 Å². The number of rotatable bonds is 3. The second-order valence-corrected chi connectivity index (χ2v) is 8.64. The number of benzene rings is 1. The van der Waals surface area contributed by atoms with Crippen LogP contribution in [0.4, 0.5) is 11.4 Å². The van der Waals surface area contributed by atoms with Crippen LogP contribution in [0.1, 0.15) is 5.56 Å². The van der Waals surface area contributed by atoms with E-state index in [-0.39, 0.29) is 33.4 Å². The van der Waals surface area contributed by atoms with E-state index in [1.54, 1.807) is 0 Å². The van der Waals surface area contributed by atoms with Crippen LogP contribution in [-0.4, -0.2) is 39.7 Å². The zero-order valence-corrected chi connectivity index (χ0v) is 14.3. The molecule has 0 saturated carbocycles. The summed E-state index contributed by atoms with van der Waals surface area (Å²) in [4.78, 5) is 14.2. The molecule has 1 aliphatic rings. The normalized spacial score (nSPS) is 17.0. The summed E-state index contributed by atoms with van der Waals surface area (Å²) in [6.07, 6.45) is 2.20. The summed E-state index contributed by atoms with van der Waals surface area (Å²) in [6, 6.07) is 5.26. The minimum absolute atomic E-state index is 0.0447. The van der Waals surface area contributed by atoms with Gasteiger partial charge in [-0.1, -0.05) is 10.8 Å². The van der Waals surface area contributed by atoms with Crippen molar-refractivity contribution >= 4 is 38.0 Å². The number of pyridine rings is 1. The van der Waals surface area contributed by atoms with E-state index in [1.807, 2.05) is 0 Å². The first-order valence-corrected chi connectivity index (χ1v) is 10.1. The van der Waals surface area contributed by atoms with Crippen molar-refractivity contribution in [3.05, 3.63) is 46.4 Å². The molecule has 134 valence electrons. The minimum atomic E-state index is -3.72. The predicted molar refractivity (Wildman–Crippen MR) is 94.9 cm³/mol. The molecular weight excluding hydrogens is 372 g/mol. The molecule has 12 heteroatoms. The third-order valence-corrected chi connectivity index (χ3v) is 5.20. The van der Waals surface area contributed by atoms with Crippen molar-refractivity contribution in [3.8, 4) is 5.75 Å². The van der Waals surface area contributed by atoms with E-state index in [0.717, 1.165) is 6.26 Å². The molecule has 0 spiro atoms. The fraction of sp³-hybridized carbons (Fsp3) is 0.0769. The maximum absolute atomic E-state index is 11.9. The van der Waals surface area contributed by atoms with E-state index in [0.29, 0.717) is 0 Å². The molecule has 2 aromatic rings. The molecule has 2 heterocycles. The number of fused-ring (bicyclic) bond motifs is 1. The van der Waals surface area contributed by atoms with Gasteiger partial charge in [-0.05, 0) is 24.3 Å². The first kappa shape index (κ1) is 17.3. The Morgan fingerprint density at radius 1 is 1.24 bits per heavy atom. The van der Waals surface area contributed by atoms with Gasteiger partial charge in [0.2, 0.25) is 10.0 Å². The Hall–Kier alpha value is -2.54. The molecule has 3 rings (SSSR count). The molecule has 0 radical (unpaired) electrons. The number of hydrogen-bond donors (Lipinski definition) is 6. The maximum atomic E-state index is 11.9. The summed E-state index contributed by atoms with van der Waals surface area (Å²) in [7, 11) is -7.27. The fourth-order valence-electron chi connectivity index (χ4n) is 2.26. The van der Waals surface area contributed by atoms with Gasteiger partial charge in [-0.15, -0.1) is 4.40 Å². The lowest BCUT2D eigenvalue weighted by atomic mass is 10.2. The second kappa shape index (κ2) is 5.77. The van der Waals surface area contributed by atoms with Crippen LogP contribution in [0.25, 0.3) is 0 Å². The second-order valence-electron chi connectivity index (χ2n) is 5.24. The molecule has 25 heavy (non-hydrogen) atoms. The Bertz CT molecular complexity index is 1040. The van der Waals surface area contributed by atoms with Gasteiger partial charge in [0.1, 0.15) is 16.2 Å². The largest absolute Gasteiger partial charge is 0.507 e. The number of sulfonamides is 1. The van der Waals surface area contributed by atoms with Crippen LogP contribution in [0.5, 0.6) is 5.75 Å². The van der Waals surface area contributed by atoms with Gasteiger partial charge in [0.05, 0.1) is 17.6 Å². The highest BCUT2D eigenvalue weighted by Crippen LogP contribution is 2.56. The van der Waals surface area contributed by atoms with E-state index in [2.05, 4.69) is 19.4 Å². The van der Waals surface area contributed by atoms with Gasteiger partial charge >= 0.3 is 0 Å². The van der Waals surface area contributed by atoms with E-state index >= 15 is 0 Å². The van der Waals surface area contributed by atoms with Crippen LogP contribution in [0.2, 0.25) is 0 Å². The zero-order chi connectivity index (χ0) is 18.4. The zero-order valence-electron chi connectivity index (χ0n) is 12.7. The number of anilines is 2. The number of hydrogen-bond acceptors (Lipinski definition) is 8. The van der Waals surface area contributed by atoms with Crippen molar-refractivity contribution in [1.29, 1.82) is 0 Å². The van der Waals surface area contributed by atoms with Crippen molar-refractivity contribution in [3.63, 3.8) is 0 Å². The Morgan fingerprint density at radius 2 is 1.96 bits per heavy atom. The lowest BCUT2D eigenvalue weighted by molar-refractivity contribution is 0.472. The molecule has 0 bridgehead atoms. The number of H-pyrrole nitrogens is 1. The van der Waals surface area contributed by atoms with Crippen molar-refractivity contribution in [2.24, 2.45) is 4.40 Å². The molecule has 6 N–H and O–H groups in total. The standard InChI is InChI=1S/C13H14N4O6S2/c1-24(20,21)16-7-2-3-8-10(6-7)25(22,23)17-12(15-8)11-9(18)4-5-14-13(11)19/h2-6,16,22-23H,1H3,(H,15,17)(H2,14,18,19). The lowest BCUT2D eigenvalue weighted by Crippen LogP contribution is -2.27. The molecule has 0 amide bonds. The number of aromatic amines is 1. The Balaban J connectivity index is 2.09. The number of aromatic hydroxyl groups is 1. The predicted octanol–water partition coefficient (Wildman–Crippen LogP) is 1.35. The van der Waals surface area contributed by atoms with Gasteiger partial charge in [-0.25, -0.2) is 8.42 Å². The van der Waals surface area contributed by atoms with E-state index in [4.69, 9.17) is 0 Å². The molecule has 1 aromatic heterocycles. The number of nitrogens with zero attached hydrogens (tertiary/aromatic N) is 1. The molecule has 0 atom stereocenters. The Kier molecular flexibility index (Phi) is 3.99. The van der Waals surface area contributed by atoms with Crippen LogP contribution in [0.3, 0.4) is 0 Å². The highest BCUT2D eigenvalue weighted by molar-refractivity contribution is 8.23. The average Bonchev–Trinajstić information content (AvgIpc) is 2.45. The van der Waals surface area contributed by atoms with Crippen LogP contribution >= 0.6 is 10.8 Å². The van der Waals surface area contributed by atoms with Crippen LogP contribution in [0.15, 0.2) is 44.6 Å². The van der Waals surface area contributed by atoms with Crippen molar-refractivity contribution < 1.29 is 22.6 Å². The van der Waals surface area contributed by atoms with E-state index in [1.165, 1.54) is 30.5 Å². The smallest absolute Gasteiger partial charge is 0.262 e. The van der Waals surface area contributed by atoms with Gasteiger partial charge in [0.25, 0.3) is 5.56 Å². The van der Waals surface area contributed by atoms with Crippen molar-refractivity contribution in [1.82, 2.24) is 4.98 Å². The molecule has 0 aliphatic carbocycles. The Morgan fingerprint density at radius 3 is 2.60 bits per heavy atom. The van der Waals surface area contributed by atoms with Crippen molar-refractivity contribution in [2.75, 3.05) is 16.3 Å². The number of nitrogens with one attached hydrogen (secondary N) is 3. The monoisotopic (exact) mass is 386 g/mol. The van der Waals surface area contributed by atoms with Crippen LogP contribution in [0, 0.1) is 0 Å². The first-order valence-electron chi connectivity index (χ1n) is 6.75. The number of amidine groups is 1. The van der Waals surface area contributed by atoms with E-state index in [9.17, 15) is 27.4 Å². The third-order valence-electron chi connectivity index (χ3n) is 3.23. The molecule has 0 fully saturated rings. The molecule has 1 aliphatic heterocycles. The summed E-state index contributed by atoms with van der Waals surface area (Å²) in [5.74, 6) is -0.598. The summed E-state index contributed by atoms with van der Waals surface area (Å²) in [5.41, 5.74) is -0.569. The van der Waals surface area contributed by atoms with Crippen LogP contribution < -0.4 is 15.6 Å². The highest BCUT2D eigenvalue weighted by atomic mass is 32.3. The Labute approximate surface area is 143 Å². The van der Waals surface area contributed by atoms with Crippen molar-refractivity contribution in [2.45, 2.75) is 4.90 Å². The fourth-order valence-corrected chi connectivity index (χ4v) is 4.01. The quantitative estimate of drug-likeness (QED) is 0.463. The molecule has 0 unspecified atom stereocenters. The molecule has 10 nitrogen and oxygen atoms in total. The lowest BCUT2D eigenvalue weighted by Gasteiger charge is -2.34. The molecular formula is C13H14N4O6S2. The summed E-state index contributed by atoms with van der Waals surface area (Å²) in [5, 5.41) is 12.6.